The van der Waals surface area contributed by atoms with E-state index in [9.17, 15) is 0 Å². The second-order valence-electron chi connectivity index (χ2n) is 6.50. The van der Waals surface area contributed by atoms with Crippen molar-refractivity contribution in [1.29, 1.82) is 0 Å². The van der Waals surface area contributed by atoms with E-state index in [0.29, 0.717) is 5.92 Å². The van der Waals surface area contributed by atoms with Crippen LogP contribution in [0, 0.1) is 5.92 Å². The van der Waals surface area contributed by atoms with Crippen LogP contribution in [0.3, 0.4) is 0 Å². The Kier molecular flexibility index (Phi) is 6.41. The van der Waals surface area contributed by atoms with Crippen molar-refractivity contribution in [1.82, 2.24) is 0 Å². The molecule has 19 heavy (non-hydrogen) atoms. The first-order valence-electron chi connectivity index (χ1n) is 7.70. The Labute approximate surface area is 119 Å². The summed E-state index contributed by atoms with van der Waals surface area (Å²) in [5.41, 5.74) is 1.57. The van der Waals surface area contributed by atoms with E-state index in [1.54, 1.807) is 0 Å². The third kappa shape index (κ3) is 5.67. The molecule has 0 saturated heterocycles. The predicted molar refractivity (Wildman–Crippen MR) is 83.9 cm³/mol. The summed E-state index contributed by atoms with van der Waals surface area (Å²) in [6.45, 7) is 12.1. The zero-order chi connectivity index (χ0) is 14.3. The molecule has 1 heteroatoms. The molecule has 0 amide bonds. The van der Waals surface area contributed by atoms with Crippen LogP contribution < -0.4 is 4.74 Å². The third-order valence-electron chi connectivity index (χ3n) is 3.75. The van der Waals surface area contributed by atoms with Crippen LogP contribution in [0.1, 0.15) is 65.9 Å². The first-order chi connectivity index (χ1) is 8.97. The highest BCUT2D eigenvalue weighted by Gasteiger charge is 2.13. The highest BCUT2D eigenvalue weighted by atomic mass is 16.5. The van der Waals surface area contributed by atoms with Crippen LogP contribution >= 0.6 is 0 Å². The molecule has 1 rings (SSSR count). The number of ether oxygens (including phenoxy) is 1. The highest BCUT2D eigenvalue weighted by Crippen LogP contribution is 2.24. The van der Waals surface area contributed by atoms with Crippen LogP contribution in [0.5, 0.6) is 5.75 Å². The minimum atomic E-state index is 0.214. The first kappa shape index (κ1) is 16.1. The lowest BCUT2D eigenvalue weighted by Gasteiger charge is -2.20. The molecule has 1 aromatic carbocycles. The monoisotopic (exact) mass is 262 g/mol. The molecule has 0 aliphatic rings. The molecule has 0 aliphatic carbocycles. The molecular weight excluding hydrogens is 232 g/mol. The molecule has 0 fully saturated rings. The maximum absolute atomic E-state index is 5.92. The maximum atomic E-state index is 5.92. The number of rotatable bonds is 7. The molecule has 0 bridgehead atoms. The summed E-state index contributed by atoms with van der Waals surface area (Å²) in [6, 6.07) is 8.57. The molecular formula is C18H30O. The van der Waals surface area contributed by atoms with Crippen LogP contribution in [-0.2, 0) is 5.41 Å². The summed E-state index contributed by atoms with van der Waals surface area (Å²) in [6.07, 6.45) is 5.08. The normalized spacial score (nSPS) is 13.3. The minimum absolute atomic E-state index is 0.214. The Morgan fingerprint density at radius 2 is 1.68 bits per heavy atom. The van der Waals surface area contributed by atoms with E-state index in [1.165, 1.54) is 31.2 Å². The van der Waals surface area contributed by atoms with E-state index in [1.807, 2.05) is 0 Å². The Morgan fingerprint density at radius 3 is 2.16 bits per heavy atom. The summed E-state index contributed by atoms with van der Waals surface area (Å²) in [7, 11) is 0. The van der Waals surface area contributed by atoms with E-state index in [2.05, 4.69) is 58.9 Å². The van der Waals surface area contributed by atoms with Crippen molar-refractivity contribution >= 4 is 0 Å². The van der Waals surface area contributed by atoms with Crippen LogP contribution in [0.4, 0.5) is 0 Å². The number of hydrogen-bond acceptors (Lipinski definition) is 1. The Bertz CT molecular complexity index is 345. The second kappa shape index (κ2) is 7.57. The minimum Gasteiger partial charge on any atom is -0.493 e. The average Bonchev–Trinajstić information content (AvgIpc) is 2.38. The van der Waals surface area contributed by atoms with Gasteiger partial charge in [-0.2, -0.15) is 0 Å². The summed E-state index contributed by atoms with van der Waals surface area (Å²) >= 11 is 0. The Morgan fingerprint density at radius 1 is 1.05 bits per heavy atom. The van der Waals surface area contributed by atoms with Crippen LogP contribution in [0.15, 0.2) is 24.3 Å². The number of hydrogen-bond donors (Lipinski definition) is 0. The summed E-state index contributed by atoms with van der Waals surface area (Å²) in [5, 5.41) is 0. The van der Waals surface area contributed by atoms with Crippen molar-refractivity contribution in [3.63, 3.8) is 0 Å². The lowest BCUT2D eigenvalue weighted by Crippen LogP contribution is -2.12. The summed E-state index contributed by atoms with van der Waals surface area (Å²) in [5.74, 6) is 1.70. The summed E-state index contributed by atoms with van der Waals surface area (Å²) < 4.78 is 5.92. The van der Waals surface area contributed by atoms with E-state index in [-0.39, 0.29) is 5.41 Å². The fourth-order valence-corrected chi connectivity index (χ4v) is 2.16. The van der Waals surface area contributed by atoms with Gasteiger partial charge >= 0.3 is 0 Å². The van der Waals surface area contributed by atoms with Crippen molar-refractivity contribution in [2.75, 3.05) is 6.61 Å². The van der Waals surface area contributed by atoms with Gasteiger partial charge in [0.25, 0.3) is 0 Å². The zero-order valence-corrected chi connectivity index (χ0v) is 13.3. The number of benzene rings is 1. The van der Waals surface area contributed by atoms with Gasteiger partial charge in [-0.05, 0) is 35.4 Å². The van der Waals surface area contributed by atoms with Crippen molar-refractivity contribution in [2.24, 2.45) is 5.92 Å². The molecule has 0 N–H and O–H groups in total. The van der Waals surface area contributed by atoms with Crippen LogP contribution in [0.25, 0.3) is 0 Å². The van der Waals surface area contributed by atoms with E-state index >= 15 is 0 Å². The molecule has 0 spiro atoms. The molecule has 0 aliphatic heterocycles. The molecule has 1 atom stereocenters. The predicted octanol–water partition coefficient (Wildman–Crippen LogP) is 5.58. The first-order valence-corrected chi connectivity index (χ1v) is 7.70. The molecule has 0 aromatic heterocycles. The standard InChI is InChI=1S/C18H30O/c1-6-8-9-15(7-2)14-19-17-12-10-16(11-13-17)18(3,4)5/h10-13,15H,6-9,14H2,1-5H3. The largest absolute Gasteiger partial charge is 0.493 e. The lowest BCUT2D eigenvalue weighted by atomic mass is 9.87. The Hall–Kier alpha value is -0.980. The zero-order valence-electron chi connectivity index (χ0n) is 13.3. The molecule has 1 aromatic rings. The van der Waals surface area contributed by atoms with Gasteiger partial charge in [0.1, 0.15) is 5.75 Å². The molecule has 1 unspecified atom stereocenters. The van der Waals surface area contributed by atoms with E-state index in [0.717, 1.165) is 12.4 Å². The lowest BCUT2D eigenvalue weighted by molar-refractivity contribution is 0.233. The third-order valence-corrected chi connectivity index (χ3v) is 3.75. The van der Waals surface area contributed by atoms with Gasteiger partial charge in [0.05, 0.1) is 6.61 Å². The van der Waals surface area contributed by atoms with E-state index < -0.39 is 0 Å². The maximum Gasteiger partial charge on any atom is 0.119 e. The van der Waals surface area contributed by atoms with Crippen molar-refractivity contribution < 1.29 is 4.74 Å². The van der Waals surface area contributed by atoms with Gasteiger partial charge in [-0.25, -0.2) is 0 Å². The van der Waals surface area contributed by atoms with Crippen LogP contribution in [0.2, 0.25) is 0 Å². The second-order valence-corrected chi connectivity index (χ2v) is 6.50. The SMILES string of the molecule is CCCCC(CC)COc1ccc(C(C)(C)C)cc1. The van der Waals surface area contributed by atoms with Gasteiger partial charge in [0.15, 0.2) is 0 Å². The fraction of sp³-hybridized carbons (Fsp3) is 0.667. The van der Waals surface area contributed by atoms with Gasteiger partial charge in [0.2, 0.25) is 0 Å². The molecule has 0 heterocycles. The summed E-state index contributed by atoms with van der Waals surface area (Å²) in [4.78, 5) is 0. The van der Waals surface area contributed by atoms with Crippen LogP contribution in [-0.4, -0.2) is 6.61 Å². The smallest absolute Gasteiger partial charge is 0.119 e. The average molecular weight is 262 g/mol. The van der Waals surface area contributed by atoms with Crippen molar-refractivity contribution in [2.45, 2.75) is 65.7 Å². The Balaban J connectivity index is 2.49. The topological polar surface area (TPSA) is 9.23 Å². The van der Waals surface area contributed by atoms with Gasteiger partial charge in [-0.3, -0.25) is 0 Å². The molecule has 0 saturated carbocycles. The van der Waals surface area contributed by atoms with Crippen molar-refractivity contribution in [3.8, 4) is 5.75 Å². The molecule has 1 nitrogen and oxygen atoms in total. The quantitative estimate of drug-likeness (QED) is 0.623. The number of unbranched alkanes of at least 4 members (excludes halogenated alkanes) is 1. The highest BCUT2D eigenvalue weighted by molar-refractivity contribution is 5.31. The van der Waals surface area contributed by atoms with Gasteiger partial charge in [-0.15, -0.1) is 0 Å². The van der Waals surface area contributed by atoms with Gasteiger partial charge in [0, 0.05) is 0 Å². The fourth-order valence-electron chi connectivity index (χ4n) is 2.16. The van der Waals surface area contributed by atoms with Crippen molar-refractivity contribution in [3.05, 3.63) is 29.8 Å². The van der Waals surface area contributed by atoms with Gasteiger partial charge < -0.3 is 4.74 Å². The molecule has 0 radical (unpaired) electrons. The molecule has 108 valence electrons. The van der Waals surface area contributed by atoms with Gasteiger partial charge in [-0.1, -0.05) is 66.0 Å². The van der Waals surface area contributed by atoms with E-state index in [4.69, 9.17) is 4.74 Å².